The van der Waals surface area contributed by atoms with Gasteiger partial charge in [-0.1, -0.05) is 216 Å². The molecule has 0 radical (unpaired) electrons. The fourth-order valence-corrected chi connectivity index (χ4v) is 13.4. The predicted molar refractivity (Wildman–Crippen MR) is 371 cm³/mol. The second kappa shape index (κ2) is 19.9. The van der Waals surface area contributed by atoms with Gasteiger partial charge in [-0.2, -0.15) is 0 Å². The molecule has 12 rings (SSSR count). The van der Waals surface area contributed by atoms with Crippen LogP contribution in [0.15, 0.2) is 176 Å². The molecule has 0 bridgehead atoms. The fraction of sp³-hybridized carbons (Fsp3) is 0.325. The van der Waals surface area contributed by atoms with Crippen LogP contribution in [0.2, 0.25) is 0 Å². The van der Waals surface area contributed by atoms with Gasteiger partial charge in [-0.3, -0.25) is 0 Å². The van der Waals surface area contributed by atoms with E-state index < -0.39 is 0 Å². The number of hydrogen-bond donors (Lipinski definition) is 0. The first-order chi connectivity index (χ1) is 39.8. The van der Waals surface area contributed by atoms with Crippen molar-refractivity contribution in [1.29, 1.82) is 0 Å². The molecule has 0 saturated carbocycles. The van der Waals surface area contributed by atoms with Gasteiger partial charge in [0.05, 0.1) is 16.7 Å². The summed E-state index contributed by atoms with van der Waals surface area (Å²) in [5, 5.41) is 2.48. The Balaban J connectivity index is 1.16. The number of fused-ring (bicyclic) bond motifs is 7. The van der Waals surface area contributed by atoms with Gasteiger partial charge in [-0.05, 0) is 192 Å². The molecule has 4 nitrogen and oxygen atoms in total. The first kappa shape index (κ1) is 57.7. The maximum absolute atomic E-state index is 2.62. The van der Waals surface area contributed by atoms with E-state index in [-0.39, 0.29) is 39.2 Å². The van der Waals surface area contributed by atoms with Crippen molar-refractivity contribution in [2.24, 2.45) is 0 Å². The van der Waals surface area contributed by atoms with Crippen molar-refractivity contribution in [2.75, 3.05) is 14.7 Å². The molecule has 0 N–H and O–H groups in total. The standard InChI is InChI=1S/C80H89BN4/c1-50-43-56(79(15,16)17)44-51(2)74(50)82(61-38-40-64-63-23-21-22-24-67(63)83(68(64)48-61)58-32-25-52(26-33-58)75(3,4)5)62-39-42-66-70(49-62)85(60-36-29-54(30-37-60)77(9,10)11)72-47-57(80(18,19)20)46-71-73(72)81(66)65-41-31-55(78(12,13)14)45-69(65)84(71)59-34-27-53(28-35-59)76(6,7)8/h21-49H,1-20H3. The summed E-state index contributed by atoms with van der Waals surface area (Å²) >= 11 is 0. The van der Waals surface area contributed by atoms with Gasteiger partial charge in [0, 0.05) is 62.0 Å². The molecule has 1 aromatic heterocycles. The lowest BCUT2D eigenvalue weighted by Crippen LogP contribution is -2.61. The van der Waals surface area contributed by atoms with Gasteiger partial charge in [0.1, 0.15) is 0 Å². The lowest BCUT2D eigenvalue weighted by Gasteiger charge is -2.46. The Bertz CT molecular complexity index is 4220. The lowest BCUT2D eigenvalue weighted by atomic mass is 9.33. The largest absolute Gasteiger partial charge is 0.311 e. The number of rotatable bonds is 6. The van der Waals surface area contributed by atoms with E-state index in [4.69, 9.17) is 0 Å². The highest BCUT2D eigenvalue weighted by Crippen LogP contribution is 2.50. The van der Waals surface area contributed by atoms with Crippen LogP contribution in [0.5, 0.6) is 0 Å². The average Bonchev–Trinajstić information content (AvgIpc) is 1.15. The van der Waals surface area contributed by atoms with Crippen molar-refractivity contribution in [3.05, 3.63) is 220 Å². The van der Waals surface area contributed by atoms with Crippen LogP contribution in [0.1, 0.15) is 169 Å². The third-order valence-electron chi connectivity index (χ3n) is 18.5. The molecule has 0 spiro atoms. The molecule has 0 saturated heterocycles. The molecule has 3 heterocycles. The molecule has 2 aliphatic rings. The van der Waals surface area contributed by atoms with E-state index in [0.29, 0.717) is 0 Å². The lowest BCUT2D eigenvalue weighted by molar-refractivity contribution is 0.589. The molecule has 10 aromatic rings. The van der Waals surface area contributed by atoms with E-state index in [0.717, 1.165) is 22.7 Å². The van der Waals surface area contributed by atoms with Crippen molar-refractivity contribution < 1.29 is 0 Å². The van der Waals surface area contributed by atoms with Crippen LogP contribution in [-0.4, -0.2) is 11.3 Å². The molecule has 0 aliphatic carbocycles. The molecule has 9 aromatic carbocycles. The van der Waals surface area contributed by atoms with Crippen LogP contribution in [-0.2, 0) is 32.5 Å². The van der Waals surface area contributed by atoms with Gasteiger partial charge in [-0.25, -0.2) is 0 Å². The van der Waals surface area contributed by atoms with Crippen molar-refractivity contribution >= 4 is 96.1 Å². The molecule has 432 valence electrons. The quantitative estimate of drug-likeness (QED) is 0.154. The summed E-state index contributed by atoms with van der Waals surface area (Å²) in [6, 6.07) is 69.0. The van der Waals surface area contributed by atoms with E-state index in [2.05, 4.69) is 334 Å². The third-order valence-corrected chi connectivity index (χ3v) is 18.5. The van der Waals surface area contributed by atoms with Gasteiger partial charge in [0.15, 0.2) is 0 Å². The van der Waals surface area contributed by atoms with Gasteiger partial charge in [0.2, 0.25) is 0 Å². The van der Waals surface area contributed by atoms with Crippen LogP contribution < -0.4 is 31.1 Å². The van der Waals surface area contributed by atoms with Crippen LogP contribution in [0.25, 0.3) is 27.5 Å². The number of aromatic nitrogens is 1. The SMILES string of the molecule is Cc1cc(C(C)(C)C)cc(C)c1N(c1ccc2c(c1)N(c1ccc(C(C)(C)C)cc1)c1cc(C(C)(C)C)cc3c1B2c1ccc(C(C)(C)C)cc1N3c1ccc(C(C)(C)C)cc1)c1ccc2c3ccccc3n(-c3ccc(C(C)(C)C)cc3)c2c1. The first-order valence-electron chi connectivity index (χ1n) is 31.1. The topological polar surface area (TPSA) is 14.7 Å². The zero-order valence-corrected chi connectivity index (χ0v) is 54.6. The first-order valence-corrected chi connectivity index (χ1v) is 31.1. The van der Waals surface area contributed by atoms with E-state index in [9.17, 15) is 0 Å². The number of aryl methyl sites for hydroxylation is 2. The normalized spacial score (nSPS) is 13.8. The van der Waals surface area contributed by atoms with Crippen LogP contribution >= 0.6 is 0 Å². The zero-order valence-electron chi connectivity index (χ0n) is 54.6. The monoisotopic (exact) mass is 1120 g/mol. The summed E-state index contributed by atoms with van der Waals surface area (Å²) in [4.78, 5) is 7.79. The van der Waals surface area contributed by atoms with Crippen molar-refractivity contribution in [1.82, 2.24) is 4.57 Å². The Morgan fingerprint density at radius 2 is 0.694 bits per heavy atom. The van der Waals surface area contributed by atoms with Gasteiger partial charge in [-0.15, -0.1) is 0 Å². The second-order valence-electron chi connectivity index (χ2n) is 31.0. The Labute approximate surface area is 509 Å². The number of anilines is 9. The molecule has 85 heavy (non-hydrogen) atoms. The summed E-state index contributed by atoms with van der Waals surface area (Å²) in [6.07, 6.45) is 0. The molecular weight excluding hydrogens is 1030 g/mol. The highest BCUT2D eigenvalue weighted by molar-refractivity contribution is 7.00. The van der Waals surface area contributed by atoms with E-state index in [1.807, 2.05) is 0 Å². The molecule has 0 amide bonds. The molecule has 0 unspecified atom stereocenters. The summed E-state index contributed by atoms with van der Waals surface area (Å²) in [6.45, 7) is 46.5. The second-order valence-corrected chi connectivity index (χ2v) is 31.0. The highest BCUT2D eigenvalue weighted by Gasteiger charge is 2.45. The number of hydrogen-bond acceptors (Lipinski definition) is 3. The van der Waals surface area contributed by atoms with Crippen LogP contribution in [0, 0.1) is 13.8 Å². The van der Waals surface area contributed by atoms with Gasteiger partial charge >= 0.3 is 0 Å². The number of benzene rings is 9. The maximum Gasteiger partial charge on any atom is 0.252 e. The Morgan fingerprint density at radius 1 is 0.318 bits per heavy atom. The minimum Gasteiger partial charge on any atom is -0.311 e. The Morgan fingerprint density at radius 3 is 1.18 bits per heavy atom. The number of nitrogens with zero attached hydrogens (tertiary/aromatic N) is 4. The van der Waals surface area contributed by atoms with Crippen molar-refractivity contribution in [2.45, 2.75) is 171 Å². The Hall–Kier alpha value is -7.76. The summed E-state index contributed by atoms with van der Waals surface area (Å²) in [5.74, 6) is 0. The third kappa shape index (κ3) is 10.1. The van der Waals surface area contributed by atoms with Gasteiger partial charge in [0.25, 0.3) is 6.71 Å². The smallest absolute Gasteiger partial charge is 0.252 e. The van der Waals surface area contributed by atoms with Crippen LogP contribution in [0.3, 0.4) is 0 Å². The molecular formula is C80H89BN4. The van der Waals surface area contributed by atoms with E-state index >= 15 is 0 Å². The maximum atomic E-state index is 2.62. The minimum atomic E-state index is -0.166. The fourth-order valence-electron chi connectivity index (χ4n) is 13.4. The van der Waals surface area contributed by atoms with Crippen molar-refractivity contribution in [3.63, 3.8) is 0 Å². The summed E-state index contributed by atoms with van der Waals surface area (Å²) < 4.78 is 2.48. The molecule has 0 fully saturated rings. The highest BCUT2D eigenvalue weighted by atomic mass is 15.2. The van der Waals surface area contributed by atoms with Crippen LogP contribution in [0.4, 0.5) is 51.2 Å². The molecule has 0 atom stereocenters. The summed E-state index contributed by atoms with van der Waals surface area (Å²) in [5.41, 5.74) is 28.3. The van der Waals surface area contributed by atoms with Crippen molar-refractivity contribution in [3.8, 4) is 5.69 Å². The number of para-hydroxylation sites is 1. The van der Waals surface area contributed by atoms with Gasteiger partial charge < -0.3 is 19.3 Å². The molecule has 5 heteroatoms. The minimum absolute atomic E-state index is 0.0119. The predicted octanol–water partition coefficient (Wildman–Crippen LogP) is 20.7. The van der Waals surface area contributed by atoms with E-state index in [1.165, 1.54) is 117 Å². The molecule has 2 aliphatic heterocycles. The van der Waals surface area contributed by atoms with E-state index in [1.54, 1.807) is 0 Å². The zero-order chi connectivity index (χ0) is 60.8. The average molecular weight is 1120 g/mol. The Kier molecular flexibility index (Phi) is 13.5. The summed E-state index contributed by atoms with van der Waals surface area (Å²) in [7, 11) is 0.